The fourth-order valence-electron chi connectivity index (χ4n) is 2.08. The molecule has 1 aromatic heterocycles. The van der Waals surface area contributed by atoms with E-state index >= 15 is 0 Å². The van der Waals surface area contributed by atoms with E-state index in [4.69, 9.17) is 4.74 Å². The van der Waals surface area contributed by atoms with Crippen LogP contribution >= 0.6 is 0 Å². The zero-order valence-electron chi connectivity index (χ0n) is 9.81. The van der Waals surface area contributed by atoms with Crippen LogP contribution in [0.1, 0.15) is 32.1 Å². The Morgan fingerprint density at radius 1 is 1.00 bits per heavy atom. The van der Waals surface area contributed by atoms with Crippen LogP contribution < -0.4 is 4.74 Å². The monoisotopic (exact) mass is 258 g/mol. The highest BCUT2D eigenvalue weighted by Crippen LogP contribution is 2.32. The molecule has 0 N–H and O–H groups in total. The first-order chi connectivity index (χ1) is 9.15. The molecule has 0 aliphatic heterocycles. The first-order valence-corrected chi connectivity index (χ1v) is 5.42. The van der Waals surface area contributed by atoms with Gasteiger partial charge in [0.05, 0.1) is 18.2 Å². The molecule has 1 aliphatic carbocycles. The van der Waals surface area contributed by atoms with Gasteiger partial charge in [0.15, 0.2) is 0 Å². The molecule has 1 aromatic carbocycles. The number of nitrogens with zero attached hydrogens (tertiary/aromatic N) is 2. The number of halogens is 1. The van der Waals surface area contributed by atoms with Gasteiger partial charge in [0, 0.05) is 12.4 Å². The summed E-state index contributed by atoms with van der Waals surface area (Å²) in [5.74, 6) is -1.85. The smallest absolute Gasteiger partial charge is 0.218 e. The van der Waals surface area contributed by atoms with Crippen LogP contribution in [-0.4, -0.2) is 28.6 Å². The van der Waals surface area contributed by atoms with E-state index in [0.717, 1.165) is 6.07 Å². The lowest BCUT2D eigenvalue weighted by molar-refractivity contribution is 0.0965. The molecule has 3 rings (SSSR count). The van der Waals surface area contributed by atoms with E-state index < -0.39 is 17.4 Å². The van der Waals surface area contributed by atoms with Crippen molar-refractivity contribution < 1.29 is 18.7 Å². The number of hydrogen-bond donors (Lipinski definition) is 0. The molecule has 0 atom stereocenters. The Morgan fingerprint density at radius 2 is 1.58 bits per heavy atom. The number of rotatable bonds is 1. The Balaban J connectivity index is 2.38. The van der Waals surface area contributed by atoms with Crippen LogP contribution in [0.25, 0.3) is 0 Å². The summed E-state index contributed by atoms with van der Waals surface area (Å²) in [6.45, 7) is 0. The average Bonchev–Trinajstić information content (AvgIpc) is 2.44. The van der Waals surface area contributed by atoms with Gasteiger partial charge in [0.25, 0.3) is 0 Å². The van der Waals surface area contributed by atoms with Gasteiger partial charge in [-0.05, 0) is 12.1 Å². The molecule has 1 heterocycles. The van der Waals surface area contributed by atoms with Crippen molar-refractivity contribution in [2.45, 2.75) is 0 Å². The molecule has 19 heavy (non-hydrogen) atoms. The number of benzene rings is 1. The van der Waals surface area contributed by atoms with Crippen LogP contribution in [-0.2, 0) is 0 Å². The fourth-order valence-corrected chi connectivity index (χ4v) is 2.08. The number of carbonyl (C=O) groups is 2. The van der Waals surface area contributed by atoms with E-state index in [1.807, 2.05) is 0 Å². The molecule has 94 valence electrons. The molecule has 0 unspecified atom stereocenters. The molecule has 0 fully saturated rings. The van der Waals surface area contributed by atoms with Gasteiger partial charge in [-0.15, -0.1) is 0 Å². The highest BCUT2D eigenvalue weighted by atomic mass is 19.1. The summed E-state index contributed by atoms with van der Waals surface area (Å²) in [6.07, 6.45) is 2.59. The van der Waals surface area contributed by atoms with Crippen molar-refractivity contribution in [1.29, 1.82) is 0 Å². The predicted molar refractivity (Wildman–Crippen MR) is 61.8 cm³/mol. The molecule has 0 saturated carbocycles. The molecule has 0 amide bonds. The normalized spacial score (nSPS) is 12.9. The highest BCUT2D eigenvalue weighted by Gasteiger charge is 2.36. The van der Waals surface area contributed by atoms with Crippen LogP contribution in [0.15, 0.2) is 24.5 Å². The summed E-state index contributed by atoms with van der Waals surface area (Å²) < 4.78 is 18.8. The molecule has 0 saturated heterocycles. The molecule has 6 heteroatoms. The lowest BCUT2D eigenvalue weighted by Gasteiger charge is -2.18. The van der Waals surface area contributed by atoms with Crippen molar-refractivity contribution in [2.24, 2.45) is 0 Å². The molecule has 5 nitrogen and oxygen atoms in total. The molecule has 1 aliphatic rings. The van der Waals surface area contributed by atoms with Gasteiger partial charge in [0.2, 0.25) is 11.6 Å². The minimum Gasteiger partial charge on any atom is -0.496 e. The van der Waals surface area contributed by atoms with Crippen molar-refractivity contribution in [3.05, 3.63) is 52.9 Å². The van der Waals surface area contributed by atoms with Crippen LogP contribution in [0.4, 0.5) is 4.39 Å². The zero-order valence-corrected chi connectivity index (χ0v) is 9.81. The van der Waals surface area contributed by atoms with Crippen molar-refractivity contribution in [3.8, 4) is 5.75 Å². The summed E-state index contributed by atoms with van der Waals surface area (Å²) in [4.78, 5) is 32.1. The molecule has 0 radical (unpaired) electrons. The van der Waals surface area contributed by atoms with Crippen LogP contribution in [0.2, 0.25) is 0 Å². The van der Waals surface area contributed by atoms with Gasteiger partial charge in [0.1, 0.15) is 23.0 Å². The summed E-state index contributed by atoms with van der Waals surface area (Å²) in [7, 11) is 1.34. The third-order valence-corrected chi connectivity index (χ3v) is 2.92. The van der Waals surface area contributed by atoms with E-state index in [1.165, 1.54) is 25.6 Å². The zero-order chi connectivity index (χ0) is 13.6. The maximum Gasteiger partial charge on any atom is 0.218 e. The maximum atomic E-state index is 13.8. The molecular formula is C13H7FN2O3. The standard InChI is InChI=1S/C13H7FN2O3/c1-19-7-3-2-6(14)8-9(7)13(18)11-10(12(8)17)15-4-5-16-11/h2-5H,1H3. The summed E-state index contributed by atoms with van der Waals surface area (Å²) in [6, 6.07) is 2.39. The second kappa shape index (κ2) is 3.94. The van der Waals surface area contributed by atoms with Gasteiger partial charge in [-0.2, -0.15) is 0 Å². The Bertz CT molecular complexity index is 728. The van der Waals surface area contributed by atoms with E-state index in [2.05, 4.69) is 9.97 Å². The minimum absolute atomic E-state index is 0.0797. The third-order valence-electron chi connectivity index (χ3n) is 2.92. The Morgan fingerprint density at radius 3 is 2.16 bits per heavy atom. The van der Waals surface area contributed by atoms with Crippen LogP contribution in [0.3, 0.4) is 0 Å². The molecular weight excluding hydrogens is 251 g/mol. The largest absolute Gasteiger partial charge is 0.496 e. The topological polar surface area (TPSA) is 69.2 Å². The Hall–Kier alpha value is -2.63. The van der Waals surface area contributed by atoms with Crippen molar-refractivity contribution in [1.82, 2.24) is 9.97 Å². The molecule has 2 aromatic rings. The van der Waals surface area contributed by atoms with Gasteiger partial charge in [-0.25, -0.2) is 14.4 Å². The van der Waals surface area contributed by atoms with Crippen LogP contribution in [0, 0.1) is 5.82 Å². The predicted octanol–water partition coefficient (Wildman–Crippen LogP) is 1.40. The third kappa shape index (κ3) is 1.46. The van der Waals surface area contributed by atoms with E-state index in [9.17, 15) is 14.0 Å². The number of aromatic nitrogens is 2. The Kier molecular flexibility index (Phi) is 2.38. The van der Waals surface area contributed by atoms with Crippen molar-refractivity contribution >= 4 is 11.6 Å². The van der Waals surface area contributed by atoms with Gasteiger partial charge >= 0.3 is 0 Å². The van der Waals surface area contributed by atoms with Gasteiger partial charge in [-0.3, -0.25) is 9.59 Å². The minimum atomic E-state index is -0.773. The lowest BCUT2D eigenvalue weighted by atomic mass is 9.88. The first-order valence-electron chi connectivity index (χ1n) is 5.42. The molecule has 0 bridgehead atoms. The maximum absolute atomic E-state index is 13.8. The Labute approximate surface area is 107 Å². The number of ketones is 2. The fraction of sp³-hybridized carbons (Fsp3) is 0.0769. The highest BCUT2D eigenvalue weighted by molar-refractivity contribution is 6.27. The number of fused-ring (bicyclic) bond motifs is 2. The van der Waals surface area contributed by atoms with E-state index in [0.29, 0.717) is 0 Å². The van der Waals surface area contributed by atoms with Crippen molar-refractivity contribution in [3.63, 3.8) is 0 Å². The molecule has 0 spiro atoms. The average molecular weight is 258 g/mol. The number of ether oxygens (including phenoxy) is 1. The van der Waals surface area contributed by atoms with Crippen LogP contribution in [0.5, 0.6) is 5.75 Å². The van der Waals surface area contributed by atoms with Gasteiger partial charge in [-0.1, -0.05) is 0 Å². The van der Waals surface area contributed by atoms with Gasteiger partial charge < -0.3 is 4.74 Å². The first kappa shape index (κ1) is 11.5. The lowest BCUT2D eigenvalue weighted by Crippen LogP contribution is -2.25. The SMILES string of the molecule is COc1ccc(F)c2c1C(=O)c1nccnc1C2=O. The summed E-state index contributed by atoms with van der Waals surface area (Å²) >= 11 is 0. The second-order valence-electron chi connectivity index (χ2n) is 3.91. The number of methoxy groups -OCH3 is 1. The van der Waals surface area contributed by atoms with E-state index in [1.54, 1.807) is 0 Å². The quantitative estimate of drug-likeness (QED) is 0.660. The number of carbonyl (C=O) groups excluding carboxylic acids is 2. The van der Waals surface area contributed by atoms with E-state index in [-0.39, 0.29) is 28.3 Å². The second-order valence-corrected chi connectivity index (χ2v) is 3.91. The number of hydrogen-bond acceptors (Lipinski definition) is 5. The summed E-state index contributed by atoms with van der Waals surface area (Å²) in [5.41, 5.74) is -0.617. The van der Waals surface area contributed by atoms with Crippen molar-refractivity contribution in [2.75, 3.05) is 7.11 Å². The summed E-state index contributed by atoms with van der Waals surface area (Å²) in [5, 5.41) is 0.